The first-order valence-electron chi connectivity index (χ1n) is 5.32. The van der Waals surface area contributed by atoms with Gasteiger partial charge in [0.2, 0.25) is 10.0 Å². The number of methoxy groups -OCH3 is 1. The Morgan fingerprint density at radius 3 is 2.80 bits per heavy atom. The van der Waals surface area contributed by atoms with Crippen LogP contribution in [0, 0.1) is 0 Å². The standard InChI is InChI=1S/C9H20N2O3S/c1-3-4-5-15(12,13)11-8-6-10-7-9(8)14-2/h8-11H,3-7H2,1-2H3/t8?,9-/m0/s1. The van der Waals surface area contributed by atoms with Crippen LogP contribution in [0.2, 0.25) is 0 Å². The van der Waals surface area contributed by atoms with E-state index in [4.69, 9.17) is 4.74 Å². The van der Waals surface area contributed by atoms with Crippen LogP contribution in [0.4, 0.5) is 0 Å². The van der Waals surface area contributed by atoms with Gasteiger partial charge in [0.15, 0.2) is 0 Å². The highest BCUT2D eigenvalue weighted by atomic mass is 32.2. The first-order valence-corrected chi connectivity index (χ1v) is 6.98. The third kappa shape index (κ3) is 4.06. The van der Waals surface area contributed by atoms with Crippen molar-refractivity contribution in [3.8, 4) is 0 Å². The second kappa shape index (κ2) is 5.79. The molecule has 2 N–H and O–H groups in total. The van der Waals surface area contributed by atoms with Gasteiger partial charge in [0.25, 0.3) is 0 Å². The molecule has 0 amide bonds. The van der Waals surface area contributed by atoms with Crippen molar-refractivity contribution < 1.29 is 13.2 Å². The van der Waals surface area contributed by atoms with Crippen molar-refractivity contribution in [2.75, 3.05) is 26.0 Å². The minimum Gasteiger partial charge on any atom is -0.378 e. The van der Waals surface area contributed by atoms with Gasteiger partial charge in [-0.2, -0.15) is 0 Å². The van der Waals surface area contributed by atoms with Gasteiger partial charge in [-0.25, -0.2) is 13.1 Å². The molecule has 2 atom stereocenters. The molecule has 0 aliphatic carbocycles. The lowest BCUT2D eigenvalue weighted by Crippen LogP contribution is -2.44. The number of hydrogen-bond acceptors (Lipinski definition) is 4. The van der Waals surface area contributed by atoms with E-state index in [2.05, 4.69) is 10.0 Å². The quantitative estimate of drug-likeness (QED) is 0.664. The molecule has 0 spiro atoms. The molecule has 1 fully saturated rings. The summed E-state index contributed by atoms with van der Waals surface area (Å²) in [5.41, 5.74) is 0. The van der Waals surface area contributed by atoms with Gasteiger partial charge in [-0.1, -0.05) is 13.3 Å². The molecule has 6 heteroatoms. The van der Waals surface area contributed by atoms with E-state index in [1.165, 1.54) is 0 Å². The number of hydrogen-bond donors (Lipinski definition) is 2. The van der Waals surface area contributed by atoms with Crippen LogP contribution in [0.15, 0.2) is 0 Å². The summed E-state index contributed by atoms with van der Waals surface area (Å²) < 4.78 is 31.1. The molecule has 5 nitrogen and oxygen atoms in total. The van der Waals surface area contributed by atoms with Crippen LogP contribution in [-0.2, 0) is 14.8 Å². The maximum Gasteiger partial charge on any atom is 0.211 e. The van der Waals surface area contributed by atoms with E-state index in [1.807, 2.05) is 6.92 Å². The molecule has 0 aromatic rings. The van der Waals surface area contributed by atoms with E-state index >= 15 is 0 Å². The van der Waals surface area contributed by atoms with E-state index in [0.29, 0.717) is 19.5 Å². The Hall–Kier alpha value is -0.170. The van der Waals surface area contributed by atoms with Gasteiger partial charge < -0.3 is 10.1 Å². The van der Waals surface area contributed by atoms with Crippen molar-refractivity contribution in [3.63, 3.8) is 0 Å². The van der Waals surface area contributed by atoms with Gasteiger partial charge in [-0.05, 0) is 6.42 Å². The maximum absolute atomic E-state index is 11.6. The summed E-state index contributed by atoms with van der Waals surface area (Å²) in [6, 6.07) is -0.128. The summed E-state index contributed by atoms with van der Waals surface area (Å²) in [5.74, 6) is 0.205. The van der Waals surface area contributed by atoms with E-state index in [0.717, 1.165) is 6.42 Å². The zero-order chi connectivity index (χ0) is 11.3. The smallest absolute Gasteiger partial charge is 0.211 e. The molecule has 0 radical (unpaired) electrons. The van der Waals surface area contributed by atoms with Crippen molar-refractivity contribution in [1.82, 2.24) is 10.0 Å². The van der Waals surface area contributed by atoms with Crippen molar-refractivity contribution >= 4 is 10.0 Å². The topological polar surface area (TPSA) is 67.4 Å². The summed E-state index contributed by atoms with van der Waals surface area (Å²) in [5, 5.41) is 3.10. The maximum atomic E-state index is 11.6. The second-order valence-corrected chi connectivity index (χ2v) is 5.70. The monoisotopic (exact) mass is 236 g/mol. The van der Waals surface area contributed by atoms with Crippen molar-refractivity contribution in [2.24, 2.45) is 0 Å². The number of sulfonamides is 1. The molecule has 90 valence electrons. The molecule has 1 aliphatic rings. The zero-order valence-corrected chi connectivity index (χ0v) is 10.1. The van der Waals surface area contributed by atoms with Crippen molar-refractivity contribution in [3.05, 3.63) is 0 Å². The lowest BCUT2D eigenvalue weighted by atomic mass is 10.2. The van der Waals surface area contributed by atoms with E-state index in [-0.39, 0.29) is 17.9 Å². The SMILES string of the molecule is CCCCS(=O)(=O)NC1CNC[C@@H]1OC. The largest absolute Gasteiger partial charge is 0.378 e. The van der Waals surface area contributed by atoms with Crippen molar-refractivity contribution in [1.29, 1.82) is 0 Å². The summed E-state index contributed by atoms with van der Waals surface area (Å²) in [4.78, 5) is 0. The Bertz CT molecular complexity index is 279. The predicted molar refractivity (Wildman–Crippen MR) is 59.3 cm³/mol. The van der Waals surface area contributed by atoms with Crippen LogP contribution in [0.1, 0.15) is 19.8 Å². The zero-order valence-electron chi connectivity index (χ0n) is 9.32. The molecule has 1 saturated heterocycles. The highest BCUT2D eigenvalue weighted by molar-refractivity contribution is 7.89. The Morgan fingerprint density at radius 1 is 1.47 bits per heavy atom. The molecular weight excluding hydrogens is 216 g/mol. The Morgan fingerprint density at radius 2 is 2.20 bits per heavy atom. The summed E-state index contributed by atoms with van der Waals surface area (Å²) in [7, 11) is -1.54. The Kier molecular flexibility index (Phi) is 4.98. The lowest BCUT2D eigenvalue weighted by molar-refractivity contribution is 0.103. The van der Waals surface area contributed by atoms with Gasteiger partial charge in [0, 0.05) is 20.2 Å². The van der Waals surface area contributed by atoms with E-state index in [9.17, 15) is 8.42 Å². The third-order valence-electron chi connectivity index (χ3n) is 2.56. The van der Waals surface area contributed by atoms with Gasteiger partial charge in [-0.15, -0.1) is 0 Å². The number of ether oxygens (including phenoxy) is 1. The minimum absolute atomic E-state index is 0.0543. The highest BCUT2D eigenvalue weighted by Gasteiger charge is 2.30. The fourth-order valence-electron chi connectivity index (χ4n) is 1.64. The fraction of sp³-hybridized carbons (Fsp3) is 1.00. The molecule has 0 saturated carbocycles. The van der Waals surface area contributed by atoms with Gasteiger partial charge >= 0.3 is 0 Å². The Labute approximate surface area is 91.6 Å². The first-order chi connectivity index (χ1) is 7.09. The molecule has 0 aromatic carbocycles. The molecule has 1 heterocycles. The molecule has 0 bridgehead atoms. The lowest BCUT2D eigenvalue weighted by Gasteiger charge is -2.18. The fourth-order valence-corrected chi connectivity index (χ4v) is 3.13. The predicted octanol–water partition coefficient (Wildman–Crippen LogP) is -0.307. The van der Waals surface area contributed by atoms with E-state index in [1.54, 1.807) is 7.11 Å². The summed E-state index contributed by atoms with van der Waals surface area (Å²) in [6.45, 7) is 3.33. The molecule has 0 aromatic heterocycles. The minimum atomic E-state index is -3.14. The van der Waals surface area contributed by atoms with Gasteiger partial charge in [0.05, 0.1) is 17.9 Å². The number of unbranched alkanes of at least 4 members (excludes halogenated alkanes) is 1. The second-order valence-electron chi connectivity index (χ2n) is 3.83. The van der Waals surface area contributed by atoms with Gasteiger partial charge in [-0.3, -0.25) is 0 Å². The molecule has 15 heavy (non-hydrogen) atoms. The normalized spacial score (nSPS) is 27.1. The molecule has 1 aliphatic heterocycles. The molecule has 1 rings (SSSR count). The first kappa shape index (κ1) is 12.9. The third-order valence-corrected chi connectivity index (χ3v) is 4.05. The highest BCUT2D eigenvalue weighted by Crippen LogP contribution is 2.06. The average Bonchev–Trinajstić information content (AvgIpc) is 2.61. The molecular formula is C9H20N2O3S. The number of nitrogens with one attached hydrogen (secondary N) is 2. The van der Waals surface area contributed by atoms with Crippen LogP contribution in [-0.4, -0.2) is 46.5 Å². The number of rotatable bonds is 6. The summed E-state index contributed by atoms with van der Waals surface area (Å²) >= 11 is 0. The summed E-state index contributed by atoms with van der Waals surface area (Å²) in [6.07, 6.45) is 1.53. The van der Waals surface area contributed by atoms with Crippen molar-refractivity contribution in [2.45, 2.75) is 31.9 Å². The van der Waals surface area contributed by atoms with E-state index < -0.39 is 10.0 Å². The Balaban J connectivity index is 2.45. The van der Waals surface area contributed by atoms with Crippen LogP contribution >= 0.6 is 0 Å². The molecule has 1 unspecified atom stereocenters. The van der Waals surface area contributed by atoms with Crippen LogP contribution in [0.3, 0.4) is 0 Å². The van der Waals surface area contributed by atoms with Crippen LogP contribution < -0.4 is 10.0 Å². The van der Waals surface area contributed by atoms with Crippen LogP contribution in [0.5, 0.6) is 0 Å². The van der Waals surface area contributed by atoms with Crippen LogP contribution in [0.25, 0.3) is 0 Å². The van der Waals surface area contributed by atoms with Gasteiger partial charge in [0.1, 0.15) is 0 Å². The average molecular weight is 236 g/mol.